The molecule has 0 radical (unpaired) electrons. The van der Waals surface area contributed by atoms with Crippen molar-refractivity contribution in [3.8, 4) is 0 Å². The van der Waals surface area contributed by atoms with Crippen LogP contribution in [0.2, 0.25) is 0 Å². The second-order valence-corrected chi connectivity index (χ2v) is 7.35. The summed E-state index contributed by atoms with van der Waals surface area (Å²) in [6.45, 7) is 0. The van der Waals surface area contributed by atoms with Crippen LogP contribution in [0.1, 0.15) is 11.5 Å². The third-order valence-corrected chi connectivity index (χ3v) is 4.64. The maximum atomic E-state index is 12.0. The summed E-state index contributed by atoms with van der Waals surface area (Å²) in [6.07, 6.45) is 3.10. The molecule has 0 saturated heterocycles. The molecule has 118 valence electrons. The molecule has 1 aliphatic rings. The highest BCUT2D eigenvalue weighted by Crippen LogP contribution is 2.32. The number of hydrogen-bond acceptors (Lipinski definition) is 5. The van der Waals surface area contributed by atoms with Gasteiger partial charge in [-0.1, -0.05) is 0 Å². The number of nitrogens with one attached hydrogen (secondary N) is 1. The first-order chi connectivity index (χ1) is 10.8. The number of carbonyl (C=O) groups is 1. The number of aliphatic imine (C=N–C) groups is 1. The predicted octanol–water partition coefficient (Wildman–Crippen LogP) is 1.93. The summed E-state index contributed by atoms with van der Waals surface area (Å²) < 4.78 is 23.2. The van der Waals surface area contributed by atoms with E-state index in [0.29, 0.717) is 11.5 Å². The molecular weight excluding hydrogens is 384 g/mol. The number of amides is 1. The van der Waals surface area contributed by atoms with Gasteiger partial charge in [0.25, 0.3) is 0 Å². The largest absolute Gasteiger partial charge is 0.310 e. The van der Waals surface area contributed by atoms with Gasteiger partial charge in [0.2, 0.25) is 15.9 Å². The molecule has 9 heteroatoms. The highest BCUT2D eigenvalue weighted by molar-refractivity contribution is 9.10. The van der Waals surface area contributed by atoms with Crippen LogP contribution in [0, 0.1) is 0 Å². The Morgan fingerprint density at radius 2 is 2.00 bits per heavy atom. The molecule has 1 aromatic carbocycles. The van der Waals surface area contributed by atoms with Gasteiger partial charge >= 0.3 is 0 Å². The zero-order chi connectivity index (χ0) is 16.6. The first kappa shape index (κ1) is 15.8. The monoisotopic (exact) mass is 394 g/mol. The normalized spacial score (nSPS) is 17.3. The summed E-state index contributed by atoms with van der Waals surface area (Å²) in [4.78, 5) is 20.4. The van der Waals surface area contributed by atoms with E-state index in [9.17, 15) is 13.2 Å². The number of hydrogen-bond donors (Lipinski definition) is 2. The van der Waals surface area contributed by atoms with Gasteiger partial charge in [-0.15, -0.1) is 0 Å². The Kier molecular flexibility index (Phi) is 4.00. The van der Waals surface area contributed by atoms with E-state index in [0.717, 1.165) is 10.0 Å². The van der Waals surface area contributed by atoms with Crippen molar-refractivity contribution < 1.29 is 13.2 Å². The van der Waals surface area contributed by atoms with Crippen LogP contribution in [0.3, 0.4) is 0 Å². The minimum Gasteiger partial charge on any atom is -0.310 e. The lowest BCUT2D eigenvalue weighted by atomic mass is 10.0. The Labute approximate surface area is 140 Å². The average molecular weight is 395 g/mol. The van der Waals surface area contributed by atoms with Crippen LogP contribution in [0.4, 0.5) is 11.5 Å². The molecule has 3 N–H and O–H groups in total. The Balaban J connectivity index is 1.86. The zero-order valence-corrected chi connectivity index (χ0v) is 14.0. The van der Waals surface area contributed by atoms with Crippen LogP contribution < -0.4 is 10.5 Å². The SMILES string of the molecule is NS(=O)(=O)c1ccc(N=CC2C(=O)Nc3ncc(Br)cc32)cc1. The van der Waals surface area contributed by atoms with Gasteiger partial charge in [0.1, 0.15) is 11.7 Å². The summed E-state index contributed by atoms with van der Waals surface area (Å²) in [6, 6.07) is 7.57. The third-order valence-electron chi connectivity index (χ3n) is 3.28. The first-order valence-corrected chi connectivity index (χ1v) is 8.82. The molecule has 3 rings (SSSR count). The molecule has 1 aliphatic heterocycles. The van der Waals surface area contributed by atoms with E-state index < -0.39 is 15.9 Å². The van der Waals surface area contributed by atoms with Gasteiger partial charge in [-0.05, 0) is 46.3 Å². The summed E-state index contributed by atoms with van der Waals surface area (Å²) in [5.41, 5.74) is 1.25. The van der Waals surface area contributed by atoms with Crippen LogP contribution in [0.15, 0.2) is 50.9 Å². The molecule has 1 unspecified atom stereocenters. The fraction of sp³-hybridized carbons (Fsp3) is 0.0714. The molecule has 7 nitrogen and oxygen atoms in total. The van der Waals surface area contributed by atoms with E-state index >= 15 is 0 Å². The highest BCUT2D eigenvalue weighted by atomic mass is 79.9. The summed E-state index contributed by atoms with van der Waals surface area (Å²) >= 11 is 3.32. The lowest BCUT2D eigenvalue weighted by Gasteiger charge is -2.02. The van der Waals surface area contributed by atoms with Gasteiger partial charge in [-0.25, -0.2) is 18.5 Å². The van der Waals surface area contributed by atoms with Crippen LogP contribution in [0.5, 0.6) is 0 Å². The standard InChI is InChI=1S/C14H11BrN4O3S/c15-8-5-11-12(14(20)19-13(11)18-6-8)7-17-9-1-3-10(4-2-9)23(16,21)22/h1-7,12H,(H2,16,21,22)(H,18,19,20). The number of benzene rings is 1. The van der Waals surface area contributed by atoms with Gasteiger partial charge in [0, 0.05) is 22.4 Å². The van der Waals surface area contributed by atoms with Crippen molar-refractivity contribution in [2.45, 2.75) is 10.8 Å². The minimum absolute atomic E-state index is 0.00790. The third kappa shape index (κ3) is 3.31. The minimum atomic E-state index is -3.73. The number of nitrogens with two attached hydrogens (primary N) is 1. The van der Waals surface area contributed by atoms with Crippen LogP contribution in [0.25, 0.3) is 0 Å². The van der Waals surface area contributed by atoms with Crippen molar-refractivity contribution >= 4 is 49.6 Å². The summed E-state index contributed by atoms with van der Waals surface area (Å²) in [7, 11) is -3.73. The lowest BCUT2D eigenvalue weighted by molar-refractivity contribution is -0.115. The molecule has 0 fully saturated rings. The number of sulfonamides is 1. The zero-order valence-electron chi connectivity index (χ0n) is 11.6. The molecule has 0 bridgehead atoms. The van der Waals surface area contributed by atoms with Gasteiger partial charge in [-0.2, -0.15) is 0 Å². The number of primary sulfonamides is 1. The number of carbonyl (C=O) groups excluding carboxylic acids is 1. The molecule has 2 aromatic rings. The Morgan fingerprint density at radius 3 is 2.65 bits per heavy atom. The van der Waals surface area contributed by atoms with Gasteiger partial charge in [0.15, 0.2) is 0 Å². The smallest absolute Gasteiger partial charge is 0.238 e. The molecule has 23 heavy (non-hydrogen) atoms. The van der Waals surface area contributed by atoms with Crippen molar-refractivity contribution in [3.05, 3.63) is 46.6 Å². The number of rotatable bonds is 3. The van der Waals surface area contributed by atoms with E-state index in [1.807, 2.05) is 0 Å². The molecular formula is C14H11BrN4O3S. The first-order valence-electron chi connectivity index (χ1n) is 6.48. The topological polar surface area (TPSA) is 115 Å². The fourth-order valence-electron chi connectivity index (χ4n) is 2.16. The second kappa shape index (κ2) is 5.84. The number of aromatic nitrogens is 1. The number of anilines is 1. The quantitative estimate of drug-likeness (QED) is 0.773. The van der Waals surface area contributed by atoms with Crippen LogP contribution >= 0.6 is 15.9 Å². The average Bonchev–Trinajstić information content (AvgIpc) is 2.79. The molecule has 0 spiro atoms. The Hall–Kier alpha value is -2.10. The maximum Gasteiger partial charge on any atom is 0.238 e. The van der Waals surface area contributed by atoms with E-state index in [2.05, 4.69) is 31.2 Å². The predicted molar refractivity (Wildman–Crippen MR) is 89.3 cm³/mol. The summed E-state index contributed by atoms with van der Waals surface area (Å²) in [5, 5.41) is 7.72. The fourth-order valence-corrected chi connectivity index (χ4v) is 3.03. The van der Waals surface area contributed by atoms with Crippen molar-refractivity contribution in [1.29, 1.82) is 0 Å². The molecule has 2 heterocycles. The number of nitrogens with zero attached hydrogens (tertiary/aromatic N) is 2. The van der Waals surface area contributed by atoms with Crippen molar-refractivity contribution in [1.82, 2.24) is 4.98 Å². The highest BCUT2D eigenvalue weighted by Gasteiger charge is 2.30. The van der Waals surface area contributed by atoms with E-state index in [1.54, 1.807) is 12.3 Å². The second-order valence-electron chi connectivity index (χ2n) is 4.88. The molecule has 1 atom stereocenters. The maximum absolute atomic E-state index is 12.0. The van der Waals surface area contributed by atoms with E-state index in [-0.39, 0.29) is 10.8 Å². The van der Waals surface area contributed by atoms with Crippen molar-refractivity contribution in [2.75, 3.05) is 5.32 Å². The molecule has 1 aromatic heterocycles. The molecule has 1 amide bonds. The number of fused-ring (bicyclic) bond motifs is 1. The lowest BCUT2D eigenvalue weighted by Crippen LogP contribution is -2.13. The number of pyridine rings is 1. The van der Waals surface area contributed by atoms with Crippen molar-refractivity contribution in [3.63, 3.8) is 0 Å². The van der Waals surface area contributed by atoms with Gasteiger partial charge in [-0.3, -0.25) is 9.79 Å². The van der Waals surface area contributed by atoms with Crippen LogP contribution in [-0.2, 0) is 14.8 Å². The van der Waals surface area contributed by atoms with Crippen LogP contribution in [-0.4, -0.2) is 25.5 Å². The van der Waals surface area contributed by atoms with E-state index in [1.165, 1.54) is 30.5 Å². The van der Waals surface area contributed by atoms with E-state index in [4.69, 9.17) is 5.14 Å². The Morgan fingerprint density at radius 1 is 1.30 bits per heavy atom. The summed E-state index contributed by atoms with van der Waals surface area (Å²) in [5.74, 6) is -0.248. The molecule has 0 saturated carbocycles. The number of halogens is 1. The molecule has 0 aliphatic carbocycles. The van der Waals surface area contributed by atoms with Crippen molar-refractivity contribution in [2.24, 2.45) is 10.1 Å². The Bertz CT molecular complexity index is 910. The van der Waals surface area contributed by atoms with Gasteiger partial charge in [0.05, 0.1) is 10.6 Å². The van der Waals surface area contributed by atoms with Gasteiger partial charge < -0.3 is 5.32 Å².